The van der Waals surface area contributed by atoms with Crippen molar-refractivity contribution in [2.45, 2.75) is 26.7 Å². The van der Waals surface area contributed by atoms with E-state index in [0.717, 1.165) is 17.7 Å². The number of benzene rings is 2. The van der Waals surface area contributed by atoms with E-state index >= 15 is 0 Å². The van der Waals surface area contributed by atoms with Gasteiger partial charge >= 0.3 is 5.97 Å². The molecule has 0 bridgehead atoms. The summed E-state index contributed by atoms with van der Waals surface area (Å²) in [7, 11) is 0. The molecule has 3 rings (SSSR count). The van der Waals surface area contributed by atoms with Crippen molar-refractivity contribution in [1.82, 2.24) is 0 Å². The number of anilines is 2. The highest BCUT2D eigenvalue weighted by Crippen LogP contribution is 2.26. The van der Waals surface area contributed by atoms with Crippen molar-refractivity contribution in [3.63, 3.8) is 0 Å². The summed E-state index contributed by atoms with van der Waals surface area (Å²) < 4.78 is 5.08. The molecule has 1 fully saturated rings. The Morgan fingerprint density at radius 3 is 2.43 bits per heavy atom. The van der Waals surface area contributed by atoms with Gasteiger partial charge in [0, 0.05) is 24.3 Å². The average Bonchev–Trinajstić information content (AvgIpc) is 3.09. The molecule has 2 aromatic rings. The Morgan fingerprint density at radius 1 is 1.11 bits per heavy atom. The standard InChI is InChI=1S/C22H24N2O4/c1-3-12-28-22(27)16-6-8-18(9-7-16)23-21(26)17-13-20(25)24(14-17)19-10-4-15(2)5-11-19/h4-11,17H,3,12-14H2,1-2H3,(H,23,26)/t17-/m1/s1. The first-order valence-electron chi connectivity index (χ1n) is 9.43. The van der Waals surface area contributed by atoms with Gasteiger partial charge in [0.1, 0.15) is 0 Å². The van der Waals surface area contributed by atoms with Gasteiger partial charge in [-0.05, 0) is 49.7 Å². The van der Waals surface area contributed by atoms with Crippen LogP contribution in [0.4, 0.5) is 11.4 Å². The third kappa shape index (κ3) is 4.57. The third-order valence-electron chi connectivity index (χ3n) is 4.67. The summed E-state index contributed by atoms with van der Waals surface area (Å²) in [5.41, 5.74) is 2.94. The predicted octanol–water partition coefficient (Wildman–Crippen LogP) is 3.55. The molecule has 1 heterocycles. The largest absolute Gasteiger partial charge is 0.462 e. The van der Waals surface area contributed by atoms with Crippen molar-refractivity contribution in [3.8, 4) is 0 Å². The van der Waals surface area contributed by atoms with Crippen LogP contribution >= 0.6 is 0 Å². The zero-order chi connectivity index (χ0) is 20.1. The SMILES string of the molecule is CCCOC(=O)c1ccc(NC(=O)[C@@H]2CC(=O)N(c3ccc(C)cc3)C2)cc1. The van der Waals surface area contributed by atoms with Gasteiger partial charge in [-0.2, -0.15) is 0 Å². The molecule has 146 valence electrons. The zero-order valence-electron chi connectivity index (χ0n) is 16.1. The van der Waals surface area contributed by atoms with Crippen LogP contribution in [0.15, 0.2) is 48.5 Å². The summed E-state index contributed by atoms with van der Waals surface area (Å²) in [6.07, 6.45) is 0.945. The molecule has 0 aromatic heterocycles. The minimum Gasteiger partial charge on any atom is -0.462 e. The molecule has 0 unspecified atom stereocenters. The number of ether oxygens (including phenoxy) is 1. The number of hydrogen-bond acceptors (Lipinski definition) is 4. The van der Waals surface area contributed by atoms with Crippen molar-refractivity contribution in [2.24, 2.45) is 5.92 Å². The molecule has 0 spiro atoms. The molecule has 1 atom stereocenters. The van der Waals surface area contributed by atoms with Gasteiger partial charge in [0.15, 0.2) is 0 Å². The van der Waals surface area contributed by atoms with Crippen molar-refractivity contribution >= 4 is 29.2 Å². The number of aryl methyl sites for hydroxylation is 1. The van der Waals surface area contributed by atoms with Crippen LogP contribution in [-0.4, -0.2) is 30.9 Å². The first kappa shape index (κ1) is 19.6. The number of nitrogens with one attached hydrogen (secondary N) is 1. The van der Waals surface area contributed by atoms with Crippen LogP contribution in [0.3, 0.4) is 0 Å². The summed E-state index contributed by atoms with van der Waals surface area (Å²) in [5.74, 6) is -1.06. The van der Waals surface area contributed by atoms with Crippen LogP contribution in [-0.2, 0) is 14.3 Å². The van der Waals surface area contributed by atoms with Gasteiger partial charge in [-0.15, -0.1) is 0 Å². The van der Waals surface area contributed by atoms with Crippen LogP contribution < -0.4 is 10.2 Å². The molecule has 0 aliphatic carbocycles. The molecule has 1 aliphatic rings. The Morgan fingerprint density at radius 2 is 1.79 bits per heavy atom. The maximum Gasteiger partial charge on any atom is 0.338 e. The normalized spacial score (nSPS) is 16.1. The number of amides is 2. The molecular formula is C22H24N2O4. The first-order valence-corrected chi connectivity index (χ1v) is 9.43. The fraction of sp³-hybridized carbons (Fsp3) is 0.318. The van der Waals surface area contributed by atoms with Crippen molar-refractivity contribution in [2.75, 3.05) is 23.4 Å². The molecule has 6 heteroatoms. The molecule has 2 amide bonds. The topological polar surface area (TPSA) is 75.7 Å². The van der Waals surface area contributed by atoms with E-state index in [1.165, 1.54) is 0 Å². The van der Waals surface area contributed by atoms with E-state index in [0.29, 0.717) is 24.4 Å². The minimum atomic E-state index is -0.414. The summed E-state index contributed by atoms with van der Waals surface area (Å²) >= 11 is 0. The van der Waals surface area contributed by atoms with E-state index in [-0.39, 0.29) is 24.2 Å². The number of esters is 1. The summed E-state index contributed by atoms with van der Waals surface area (Å²) in [6, 6.07) is 14.2. The van der Waals surface area contributed by atoms with Gasteiger partial charge < -0.3 is 15.0 Å². The van der Waals surface area contributed by atoms with E-state index in [4.69, 9.17) is 4.74 Å². The van der Waals surface area contributed by atoms with Crippen LogP contribution in [0.1, 0.15) is 35.7 Å². The van der Waals surface area contributed by atoms with Crippen LogP contribution in [0, 0.1) is 12.8 Å². The van der Waals surface area contributed by atoms with E-state index in [2.05, 4.69) is 5.32 Å². The monoisotopic (exact) mass is 380 g/mol. The molecule has 6 nitrogen and oxygen atoms in total. The Labute approximate surface area is 164 Å². The number of carbonyl (C=O) groups excluding carboxylic acids is 3. The highest BCUT2D eigenvalue weighted by atomic mass is 16.5. The second-order valence-corrected chi connectivity index (χ2v) is 6.94. The Kier molecular flexibility index (Phi) is 6.09. The van der Waals surface area contributed by atoms with Crippen molar-refractivity contribution in [3.05, 3.63) is 59.7 Å². The highest BCUT2D eigenvalue weighted by Gasteiger charge is 2.35. The van der Waals surface area contributed by atoms with E-state index in [1.807, 2.05) is 38.1 Å². The van der Waals surface area contributed by atoms with Gasteiger partial charge in [0.2, 0.25) is 11.8 Å². The number of carbonyl (C=O) groups is 3. The fourth-order valence-electron chi connectivity index (χ4n) is 3.07. The molecule has 1 saturated heterocycles. The van der Waals surface area contributed by atoms with Gasteiger partial charge in [-0.3, -0.25) is 9.59 Å². The number of nitrogens with zero attached hydrogens (tertiary/aromatic N) is 1. The van der Waals surface area contributed by atoms with Gasteiger partial charge in [-0.1, -0.05) is 24.6 Å². The van der Waals surface area contributed by atoms with Gasteiger partial charge in [0.25, 0.3) is 0 Å². The molecule has 0 saturated carbocycles. The zero-order valence-corrected chi connectivity index (χ0v) is 16.1. The summed E-state index contributed by atoms with van der Waals surface area (Å²) in [4.78, 5) is 38.4. The summed E-state index contributed by atoms with van der Waals surface area (Å²) in [6.45, 7) is 4.65. The Hall–Kier alpha value is -3.15. The molecule has 1 N–H and O–H groups in total. The van der Waals surface area contributed by atoms with Crippen LogP contribution in [0.2, 0.25) is 0 Å². The molecule has 0 radical (unpaired) electrons. The van der Waals surface area contributed by atoms with Crippen molar-refractivity contribution in [1.29, 1.82) is 0 Å². The lowest BCUT2D eigenvalue weighted by Gasteiger charge is -2.17. The first-order chi connectivity index (χ1) is 13.5. The maximum absolute atomic E-state index is 12.6. The smallest absolute Gasteiger partial charge is 0.338 e. The van der Waals surface area contributed by atoms with E-state index in [9.17, 15) is 14.4 Å². The van der Waals surface area contributed by atoms with E-state index < -0.39 is 5.92 Å². The molecule has 1 aliphatic heterocycles. The maximum atomic E-state index is 12.6. The number of hydrogen-bond donors (Lipinski definition) is 1. The van der Waals surface area contributed by atoms with Gasteiger partial charge in [0.05, 0.1) is 18.1 Å². The van der Waals surface area contributed by atoms with Crippen molar-refractivity contribution < 1.29 is 19.1 Å². The molecule has 28 heavy (non-hydrogen) atoms. The highest BCUT2D eigenvalue weighted by molar-refractivity contribution is 6.03. The fourth-order valence-corrected chi connectivity index (χ4v) is 3.07. The Balaban J connectivity index is 1.60. The molecular weight excluding hydrogens is 356 g/mol. The second kappa shape index (κ2) is 8.69. The predicted molar refractivity (Wildman–Crippen MR) is 107 cm³/mol. The minimum absolute atomic E-state index is 0.0574. The van der Waals surface area contributed by atoms with E-state index in [1.54, 1.807) is 29.2 Å². The lowest BCUT2D eigenvalue weighted by Crippen LogP contribution is -2.28. The second-order valence-electron chi connectivity index (χ2n) is 6.94. The van der Waals surface area contributed by atoms with Crippen LogP contribution in [0.25, 0.3) is 0 Å². The third-order valence-corrected chi connectivity index (χ3v) is 4.67. The number of rotatable bonds is 6. The lowest BCUT2D eigenvalue weighted by molar-refractivity contribution is -0.122. The Bertz CT molecular complexity index is 859. The quantitative estimate of drug-likeness (QED) is 0.778. The average molecular weight is 380 g/mol. The van der Waals surface area contributed by atoms with Crippen LogP contribution in [0.5, 0.6) is 0 Å². The molecule has 2 aromatic carbocycles. The van der Waals surface area contributed by atoms with Gasteiger partial charge in [-0.25, -0.2) is 4.79 Å². The lowest BCUT2D eigenvalue weighted by atomic mass is 10.1. The summed E-state index contributed by atoms with van der Waals surface area (Å²) in [5, 5.41) is 2.82.